The zero-order valence-corrected chi connectivity index (χ0v) is 15.5. The van der Waals surface area contributed by atoms with Crippen molar-refractivity contribution in [2.45, 2.75) is 6.10 Å². The number of carbonyl (C=O) groups excluding carboxylic acids is 1. The van der Waals surface area contributed by atoms with Crippen LogP contribution in [0.25, 0.3) is 0 Å². The zero-order chi connectivity index (χ0) is 19.0. The number of carbonyl (C=O) groups is 1. The van der Waals surface area contributed by atoms with E-state index in [-0.39, 0.29) is 25.6 Å². The third kappa shape index (κ3) is 3.03. The molecule has 27 heavy (non-hydrogen) atoms. The van der Waals surface area contributed by atoms with Crippen LogP contribution >= 0.6 is 0 Å². The number of para-hydroxylation sites is 4. The molecule has 0 fully saturated rings. The number of nitrogens with one attached hydrogen (secondary N) is 1. The second kappa shape index (κ2) is 6.66. The van der Waals surface area contributed by atoms with Crippen LogP contribution in [0.4, 0.5) is 11.4 Å². The van der Waals surface area contributed by atoms with Crippen LogP contribution < -0.4 is 23.4 Å². The normalized spacial score (nSPS) is 19.5. The topological polar surface area (TPSA) is 88.2 Å². The Labute approximate surface area is 157 Å². The summed E-state index contributed by atoms with van der Waals surface area (Å²) < 4.78 is 38.8. The third-order valence-electron chi connectivity index (χ3n) is 4.53. The number of rotatable bonds is 4. The van der Waals surface area contributed by atoms with Gasteiger partial charge in [0.15, 0.2) is 11.5 Å². The molecule has 142 valence electrons. The van der Waals surface area contributed by atoms with Crippen molar-refractivity contribution in [2.75, 3.05) is 35.4 Å². The van der Waals surface area contributed by atoms with Crippen molar-refractivity contribution in [3.8, 4) is 11.5 Å². The summed E-state index contributed by atoms with van der Waals surface area (Å²) in [7, 11) is -2.12. The van der Waals surface area contributed by atoms with Gasteiger partial charge in [0.1, 0.15) is 6.61 Å². The summed E-state index contributed by atoms with van der Waals surface area (Å²) in [6.07, 6.45) is -0.773. The van der Waals surface area contributed by atoms with Gasteiger partial charge in [-0.15, -0.1) is 0 Å². The highest BCUT2D eigenvalue weighted by molar-refractivity contribution is 7.94. The average Bonchev–Trinajstić information content (AvgIpc) is 2.88. The first-order valence-corrected chi connectivity index (χ1v) is 9.90. The van der Waals surface area contributed by atoms with Gasteiger partial charge in [-0.2, -0.15) is 8.42 Å². The van der Waals surface area contributed by atoms with Crippen molar-refractivity contribution >= 4 is 27.5 Å². The number of anilines is 2. The number of hydrogen-bond donors (Lipinski definition) is 1. The lowest BCUT2D eigenvalue weighted by molar-refractivity contribution is -0.130. The Bertz CT molecular complexity index is 978. The Kier molecular flexibility index (Phi) is 4.31. The first-order valence-electron chi connectivity index (χ1n) is 8.50. The zero-order valence-electron chi connectivity index (χ0n) is 14.7. The van der Waals surface area contributed by atoms with E-state index in [4.69, 9.17) is 9.47 Å². The van der Waals surface area contributed by atoms with Gasteiger partial charge >= 0.3 is 10.2 Å². The molecule has 2 aliphatic heterocycles. The summed E-state index contributed by atoms with van der Waals surface area (Å²) >= 11 is 0. The smallest absolute Gasteiger partial charge is 0.326 e. The Hall–Kier alpha value is -2.94. The third-order valence-corrected chi connectivity index (χ3v) is 6.35. The molecule has 1 amide bonds. The van der Waals surface area contributed by atoms with Crippen LogP contribution in [0, 0.1) is 0 Å². The molecule has 2 aromatic carbocycles. The van der Waals surface area contributed by atoms with Crippen LogP contribution in [0.2, 0.25) is 0 Å². The molecule has 2 aromatic rings. The molecule has 0 saturated heterocycles. The van der Waals surface area contributed by atoms with Crippen LogP contribution in [0.5, 0.6) is 11.5 Å². The maximum Gasteiger partial charge on any atom is 0.326 e. The molecular formula is C18H19N3O5S. The van der Waals surface area contributed by atoms with Gasteiger partial charge < -0.3 is 14.8 Å². The van der Waals surface area contributed by atoms with Gasteiger partial charge in [0.05, 0.1) is 17.9 Å². The van der Waals surface area contributed by atoms with E-state index in [0.717, 1.165) is 0 Å². The van der Waals surface area contributed by atoms with Gasteiger partial charge in [-0.25, -0.2) is 4.31 Å². The largest absolute Gasteiger partial charge is 0.485 e. The number of hydrogen-bond acceptors (Lipinski definition) is 5. The van der Waals surface area contributed by atoms with E-state index in [1.165, 1.54) is 15.7 Å². The Balaban J connectivity index is 1.38. The van der Waals surface area contributed by atoms with Crippen molar-refractivity contribution in [1.82, 2.24) is 5.32 Å². The predicted octanol–water partition coefficient (Wildman–Crippen LogP) is 1.14. The van der Waals surface area contributed by atoms with Crippen molar-refractivity contribution in [2.24, 2.45) is 0 Å². The van der Waals surface area contributed by atoms with Crippen molar-refractivity contribution in [1.29, 1.82) is 0 Å². The molecule has 2 aliphatic rings. The highest BCUT2D eigenvalue weighted by Crippen LogP contribution is 2.39. The monoisotopic (exact) mass is 389 g/mol. The molecule has 0 aromatic heterocycles. The SMILES string of the molecule is CN1c2ccccc2N(CCNC(=O)[C@@H]2COc3ccccc3O2)S1(=O)=O. The van der Waals surface area contributed by atoms with Crippen LogP contribution in [0.1, 0.15) is 0 Å². The first kappa shape index (κ1) is 17.5. The molecule has 0 saturated carbocycles. The van der Waals surface area contributed by atoms with Crippen molar-refractivity contribution < 1.29 is 22.7 Å². The fourth-order valence-electron chi connectivity index (χ4n) is 3.12. The Morgan fingerprint density at radius 1 is 1.11 bits per heavy atom. The van der Waals surface area contributed by atoms with E-state index < -0.39 is 16.3 Å². The molecule has 2 heterocycles. The number of ether oxygens (including phenoxy) is 2. The number of amides is 1. The van der Waals surface area contributed by atoms with Gasteiger partial charge in [0.2, 0.25) is 6.10 Å². The second-order valence-corrected chi connectivity index (χ2v) is 8.08. The molecule has 0 aliphatic carbocycles. The number of benzene rings is 2. The quantitative estimate of drug-likeness (QED) is 0.847. The highest BCUT2D eigenvalue weighted by atomic mass is 32.2. The van der Waals surface area contributed by atoms with E-state index in [2.05, 4.69) is 5.32 Å². The minimum absolute atomic E-state index is 0.108. The molecular weight excluding hydrogens is 370 g/mol. The van der Waals surface area contributed by atoms with Gasteiger partial charge in [0, 0.05) is 13.6 Å². The summed E-state index contributed by atoms with van der Waals surface area (Å²) in [6, 6.07) is 14.2. The minimum Gasteiger partial charge on any atom is -0.485 e. The highest BCUT2D eigenvalue weighted by Gasteiger charge is 2.37. The lowest BCUT2D eigenvalue weighted by atomic mass is 10.2. The van der Waals surface area contributed by atoms with Crippen LogP contribution in [0.15, 0.2) is 48.5 Å². The van der Waals surface area contributed by atoms with E-state index in [1.54, 1.807) is 42.5 Å². The van der Waals surface area contributed by atoms with E-state index in [0.29, 0.717) is 22.9 Å². The average molecular weight is 389 g/mol. The van der Waals surface area contributed by atoms with Crippen LogP contribution in [-0.4, -0.2) is 47.2 Å². The van der Waals surface area contributed by atoms with Gasteiger partial charge in [-0.3, -0.25) is 9.10 Å². The summed E-state index contributed by atoms with van der Waals surface area (Å²) in [4.78, 5) is 12.4. The molecule has 0 spiro atoms. The Morgan fingerprint density at radius 2 is 1.78 bits per heavy atom. The standard InChI is InChI=1S/C18H19N3O5S/c1-20-13-6-2-3-7-14(13)21(27(20,23)24)11-10-19-18(22)17-12-25-15-8-4-5-9-16(15)26-17/h2-9,17H,10-12H2,1H3,(H,19,22)/t17-/m0/s1. The molecule has 0 unspecified atom stereocenters. The van der Waals surface area contributed by atoms with Gasteiger partial charge in [-0.05, 0) is 24.3 Å². The fraction of sp³-hybridized carbons (Fsp3) is 0.278. The molecule has 9 heteroatoms. The van der Waals surface area contributed by atoms with E-state index in [9.17, 15) is 13.2 Å². The predicted molar refractivity (Wildman–Crippen MR) is 100 cm³/mol. The molecule has 0 bridgehead atoms. The van der Waals surface area contributed by atoms with Gasteiger partial charge in [0.25, 0.3) is 5.91 Å². The van der Waals surface area contributed by atoms with E-state index in [1.807, 2.05) is 6.07 Å². The summed E-state index contributed by atoms with van der Waals surface area (Å²) in [6.45, 7) is 0.387. The molecule has 1 N–H and O–H groups in total. The number of nitrogens with zero attached hydrogens (tertiary/aromatic N) is 2. The summed E-state index contributed by atoms with van der Waals surface area (Å²) in [5.41, 5.74) is 1.21. The molecule has 4 rings (SSSR count). The maximum absolute atomic E-state index is 12.6. The lowest BCUT2D eigenvalue weighted by Crippen LogP contribution is -2.47. The number of fused-ring (bicyclic) bond motifs is 2. The van der Waals surface area contributed by atoms with Crippen molar-refractivity contribution in [3.05, 3.63) is 48.5 Å². The molecule has 8 nitrogen and oxygen atoms in total. The summed E-state index contributed by atoms with van der Waals surface area (Å²) in [5, 5.41) is 2.72. The van der Waals surface area contributed by atoms with E-state index >= 15 is 0 Å². The Morgan fingerprint density at radius 3 is 2.56 bits per heavy atom. The van der Waals surface area contributed by atoms with Crippen LogP contribution in [0.3, 0.4) is 0 Å². The lowest BCUT2D eigenvalue weighted by Gasteiger charge is -2.26. The van der Waals surface area contributed by atoms with Crippen LogP contribution in [-0.2, 0) is 15.0 Å². The summed E-state index contributed by atoms with van der Waals surface area (Å²) in [5.74, 6) is 0.772. The van der Waals surface area contributed by atoms with Crippen molar-refractivity contribution in [3.63, 3.8) is 0 Å². The van der Waals surface area contributed by atoms with Gasteiger partial charge in [-0.1, -0.05) is 24.3 Å². The maximum atomic E-state index is 12.6. The molecule has 1 atom stereocenters. The molecule has 0 radical (unpaired) electrons. The minimum atomic E-state index is -3.63. The fourth-order valence-corrected chi connectivity index (χ4v) is 4.54. The second-order valence-electron chi connectivity index (χ2n) is 6.19. The first-order chi connectivity index (χ1) is 13.0.